The molecule has 0 fully saturated rings. The lowest BCUT2D eigenvalue weighted by atomic mass is 10.1. The van der Waals surface area contributed by atoms with Crippen LogP contribution in [0.4, 0.5) is 0 Å². The molecule has 0 atom stereocenters. The van der Waals surface area contributed by atoms with Gasteiger partial charge in [-0.1, -0.05) is 30.3 Å². The maximum Gasteiger partial charge on any atom is 0.362 e. The average Bonchev–Trinajstić information content (AvgIpc) is 2.60. The summed E-state index contributed by atoms with van der Waals surface area (Å²) in [6.07, 6.45) is 0. The number of carbonyl (C=O) groups excluding carboxylic acids is 2. The molecule has 5 nitrogen and oxygen atoms in total. The highest BCUT2D eigenvalue weighted by Crippen LogP contribution is 2.25. The van der Waals surface area contributed by atoms with Gasteiger partial charge >= 0.3 is 5.97 Å². The van der Waals surface area contributed by atoms with Gasteiger partial charge in [0.15, 0.2) is 11.5 Å². The summed E-state index contributed by atoms with van der Waals surface area (Å²) in [5.74, 6) is -0.0580. The first-order valence-electron chi connectivity index (χ1n) is 7.35. The molecule has 0 aliphatic carbocycles. The van der Waals surface area contributed by atoms with Crippen molar-refractivity contribution < 1.29 is 19.1 Å². The fourth-order valence-electron chi connectivity index (χ4n) is 2.36. The number of rotatable bonds is 4. The maximum absolute atomic E-state index is 12.4. The van der Waals surface area contributed by atoms with Crippen LogP contribution in [0.25, 0.3) is 10.8 Å². The van der Waals surface area contributed by atoms with Crippen LogP contribution in [0.3, 0.4) is 0 Å². The molecule has 3 rings (SSSR count). The van der Waals surface area contributed by atoms with Gasteiger partial charge in [0.2, 0.25) is 5.88 Å². The van der Waals surface area contributed by atoms with Gasteiger partial charge in [-0.25, -0.2) is 9.78 Å². The molecule has 3 aromatic rings. The number of nitrogens with zero attached hydrogens (tertiary/aromatic N) is 1. The third-order valence-electron chi connectivity index (χ3n) is 3.56. The molecule has 0 saturated carbocycles. The van der Waals surface area contributed by atoms with E-state index in [2.05, 4.69) is 4.98 Å². The number of carbonyl (C=O) groups is 2. The molecule has 0 saturated heterocycles. The van der Waals surface area contributed by atoms with Gasteiger partial charge in [-0.15, -0.1) is 0 Å². The van der Waals surface area contributed by atoms with Crippen molar-refractivity contribution in [1.29, 1.82) is 0 Å². The van der Waals surface area contributed by atoms with Crippen LogP contribution in [0.2, 0.25) is 0 Å². The highest BCUT2D eigenvalue weighted by molar-refractivity contribution is 5.97. The lowest BCUT2D eigenvalue weighted by Crippen LogP contribution is -2.11. The molecule has 0 aliphatic heterocycles. The van der Waals surface area contributed by atoms with E-state index in [1.807, 2.05) is 24.3 Å². The highest BCUT2D eigenvalue weighted by atomic mass is 16.5. The Hall–Kier alpha value is -3.21. The smallest absolute Gasteiger partial charge is 0.362 e. The number of methoxy groups -OCH3 is 1. The van der Waals surface area contributed by atoms with Crippen molar-refractivity contribution in [2.75, 3.05) is 7.11 Å². The molecule has 0 spiro atoms. The summed E-state index contributed by atoms with van der Waals surface area (Å²) in [7, 11) is 1.50. The second-order valence-electron chi connectivity index (χ2n) is 5.21. The van der Waals surface area contributed by atoms with Crippen molar-refractivity contribution >= 4 is 22.5 Å². The fraction of sp³-hybridized carbons (Fsp3) is 0.105. The van der Waals surface area contributed by atoms with Gasteiger partial charge in [0.1, 0.15) is 5.75 Å². The molecule has 0 amide bonds. The summed E-state index contributed by atoms with van der Waals surface area (Å²) >= 11 is 0. The van der Waals surface area contributed by atoms with Gasteiger partial charge in [0, 0.05) is 10.9 Å². The normalized spacial score (nSPS) is 10.4. The third-order valence-corrected chi connectivity index (χ3v) is 3.56. The molecule has 1 heterocycles. The summed E-state index contributed by atoms with van der Waals surface area (Å²) in [4.78, 5) is 28.0. The van der Waals surface area contributed by atoms with E-state index in [4.69, 9.17) is 9.47 Å². The Morgan fingerprint density at radius 2 is 1.79 bits per heavy atom. The number of benzene rings is 2. The molecule has 120 valence electrons. The molecular formula is C19H15NO4. The second kappa shape index (κ2) is 6.50. The summed E-state index contributed by atoms with van der Waals surface area (Å²) in [6.45, 7) is 1.46. The Morgan fingerprint density at radius 1 is 1.00 bits per heavy atom. The first-order chi connectivity index (χ1) is 11.6. The van der Waals surface area contributed by atoms with E-state index in [1.165, 1.54) is 20.1 Å². The van der Waals surface area contributed by atoms with E-state index >= 15 is 0 Å². The third kappa shape index (κ3) is 3.10. The van der Waals surface area contributed by atoms with E-state index in [0.29, 0.717) is 17.2 Å². The Kier molecular flexibility index (Phi) is 4.24. The maximum atomic E-state index is 12.4. The van der Waals surface area contributed by atoms with Gasteiger partial charge < -0.3 is 9.47 Å². The quantitative estimate of drug-likeness (QED) is 0.417. The summed E-state index contributed by atoms with van der Waals surface area (Å²) in [5, 5.41) is 1.64. The number of fused-ring (bicyclic) bond motifs is 1. The summed E-state index contributed by atoms with van der Waals surface area (Å²) in [5.41, 5.74) is 0.614. The predicted octanol–water partition coefficient (Wildman–Crippen LogP) is 3.67. The van der Waals surface area contributed by atoms with Crippen molar-refractivity contribution in [3.8, 4) is 11.6 Å². The molecular weight excluding hydrogens is 306 g/mol. The van der Waals surface area contributed by atoms with Crippen LogP contribution in [-0.4, -0.2) is 23.8 Å². The van der Waals surface area contributed by atoms with Gasteiger partial charge in [0.05, 0.1) is 7.11 Å². The molecule has 5 heteroatoms. The topological polar surface area (TPSA) is 65.5 Å². The van der Waals surface area contributed by atoms with E-state index in [9.17, 15) is 9.59 Å². The minimum absolute atomic E-state index is 0.0987. The minimum Gasteiger partial charge on any atom is -0.481 e. The molecule has 24 heavy (non-hydrogen) atoms. The van der Waals surface area contributed by atoms with Gasteiger partial charge in [0.25, 0.3) is 0 Å². The molecule has 2 aromatic carbocycles. The molecule has 1 aromatic heterocycles. The van der Waals surface area contributed by atoms with Crippen LogP contribution in [-0.2, 0) is 0 Å². The Labute approximate surface area is 138 Å². The van der Waals surface area contributed by atoms with Crippen molar-refractivity contribution in [3.05, 3.63) is 65.9 Å². The SMILES string of the molecule is COc1nc(C(=O)Oc2cccc(C(C)=O)c2)cc2ccccc12. The van der Waals surface area contributed by atoms with E-state index in [-0.39, 0.29) is 11.5 Å². The van der Waals surface area contributed by atoms with Gasteiger partial charge in [-0.05, 0) is 36.6 Å². The Morgan fingerprint density at radius 3 is 2.54 bits per heavy atom. The average molecular weight is 321 g/mol. The summed E-state index contributed by atoms with van der Waals surface area (Å²) in [6, 6.07) is 15.6. The van der Waals surface area contributed by atoms with Crippen LogP contribution in [0.15, 0.2) is 54.6 Å². The number of ether oxygens (including phenoxy) is 2. The Bertz CT molecular complexity index is 934. The van der Waals surface area contributed by atoms with Crippen molar-refractivity contribution in [3.63, 3.8) is 0 Å². The molecule has 0 N–H and O–H groups in total. The number of pyridine rings is 1. The first-order valence-corrected chi connectivity index (χ1v) is 7.35. The first kappa shape index (κ1) is 15.7. The standard InChI is InChI=1S/C19H15NO4/c1-12(21)13-7-5-8-15(10-13)24-19(22)17-11-14-6-3-4-9-16(14)18(20-17)23-2/h3-11H,1-2H3. The fourth-order valence-corrected chi connectivity index (χ4v) is 2.36. The highest BCUT2D eigenvalue weighted by Gasteiger charge is 2.15. The van der Waals surface area contributed by atoms with E-state index < -0.39 is 5.97 Å². The largest absolute Gasteiger partial charge is 0.481 e. The van der Waals surface area contributed by atoms with Crippen molar-refractivity contribution in [2.45, 2.75) is 6.92 Å². The zero-order valence-electron chi connectivity index (χ0n) is 13.3. The molecule has 0 bridgehead atoms. The number of esters is 1. The minimum atomic E-state index is -0.611. The second-order valence-corrected chi connectivity index (χ2v) is 5.21. The number of hydrogen-bond acceptors (Lipinski definition) is 5. The van der Waals surface area contributed by atoms with Crippen LogP contribution < -0.4 is 9.47 Å². The van der Waals surface area contributed by atoms with Gasteiger partial charge in [-0.2, -0.15) is 0 Å². The summed E-state index contributed by atoms with van der Waals surface area (Å²) < 4.78 is 10.6. The molecule has 0 unspecified atom stereocenters. The van der Waals surface area contributed by atoms with E-state index in [1.54, 1.807) is 24.3 Å². The monoisotopic (exact) mass is 321 g/mol. The van der Waals surface area contributed by atoms with Crippen LogP contribution in [0.1, 0.15) is 27.8 Å². The zero-order valence-corrected chi connectivity index (χ0v) is 13.3. The van der Waals surface area contributed by atoms with Crippen LogP contribution in [0, 0.1) is 0 Å². The number of Topliss-reactive ketones (excluding diaryl/α,β-unsaturated/α-hetero) is 1. The number of aromatic nitrogens is 1. The van der Waals surface area contributed by atoms with Crippen LogP contribution >= 0.6 is 0 Å². The predicted molar refractivity (Wildman–Crippen MR) is 89.7 cm³/mol. The van der Waals surface area contributed by atoms with Crippen LogP contribution in [0.5, 0.6) is 11.6 Å². The molecule has 0 radical (unpaired) electrons. The van der Waals surface area contributed by atoms with Crippen molar-refractivity contribution in [2.24, 2.45) is 0 Å². The lowest BCUT2D eigenvalue weighted by molar-refractivity contribution is 0.0727. The van der Waals surface area contributed by atoms with Crippen molar-refractivity contribution in [1.82, 2.24) is 4.98 Å². The zero-order chi connectivity index (χ0) is 17.1. The number of hydrogen-bond donors (Lipinski definition) is 0. The lowest BCUT2D eigenvalue weighted by Gasteiger charge is -2.08. The Balaban J connectivity index is 1.94. The number of ketones is 1. The van der Waals surface area contributed by atoms with E-state index in [0.717, 1.165) is 10.8 Å². The molecule has 0 aliphatic rings. The van der Waals surface area contributed by atoms with Gasteiger partial charge in [-0.3, -0.25) is 4.79 Å².